The van der Waals surface area contributed by atoms with E-state index in [-0.39, 0.29) is 0 Å². The largest absolute Gasteiger partial charge is 0.361 e. The molecule has 0 aliphatic carbocycles. The lowest BCUT2D eigenvalue weighted by molar-refractivity contribution is 0.263. The molecule has 7 nitrogen and oxygen atoms in total. The number of hydrogen-bond acceptors (Lipinski definition) is 6. The van der Waals surface area contributed by atoms with Gasteiger partial charge in [-0.3, -0.25) is 0 Å². The van der Waals surface area contributed by atoms with E-state index >= 15 is 0 Å². The Morgan fingerprint density at radius 3 is 2.61 bits per heavy atom. The maximum Gasteiger partial charge on any atom is 0.201 e. The van der Waals surface area contributed by atoms with Gasteiger partial charge in [0, 0.05) is 17.2 Å². The van der Waals surface area contributed by atoms with Gasteiger partial charge in [0.05, 0.1) is 28.4 Å². The highest BCUT2D eigenvalue weighted by Crippen LogP contribution is 2.37. The summed E-state index contributed by atoms with van der Waals surface area (Å²) in [6.45, 7) is 8.12. The predicted octanol–water partition coefficient (Wildman–Crippen LogP) is 5.19. The zero-order valence-electron chi connectivity index (χ0n) is 19.5. The van der Waals surface area contributed by atoms with Crippen LogP contribution in [0.2, 0.25) is 0 Å². The number of aryl methyl sites for hydroxylation is 3. The molecule has 0 atom stereocenters. The number of piperidine rings is 1. The van der Waals surface area contributed by atoms with Gasteiger partial charge in [-0.1, -0.05) is 11.2 Å². The Bertz CT molecular complexity index is 1350. The summed E-state index contributed by atoms with van der Waals surface area (Å²) < 4.78 is 5.45. The maximum absolute atomic E-state index is 9.49. The van der Waals surface area contributed by atoms with Crippen molar-refractivity contribution in [1.82, 2.24) is 20.0 Å². The minimum Gasteiger partial charge on any atom is -0.361 e. The lowest BCUT2D eigenvalue weighted by Crippen LogP contribution is -2.36. The number of aromatic amines is 1. The molecule has 1 saturated heterocycles. The summed E-state index contributed by atoms with van der Waals surface area (Å²) >= 11 is 0. The van der Waals surface area contributed by atoms with Crippen molar-refractivity contribution in [1.29, 1.82) is 5.26 Å². The number of aromatic nitrogens is 3. The summed E-state index contributed by atoms with van der Waals surface area (Å²) in [6, 6.07) is 12.7. The van der Waals surface area contributed by atoms with Crippen LogP contribution in [0.3, 0.4) is 0 Å². The third-order valence-electron chi connectivity index (χ3n) is 6.62. The number of fused-ring (bicyclic) bond motifs is 1. The van der Waals surface area contributed by atoms with Crippen LogP contribution in [0.15, 0.2) is 34.9 Å². The molecule has 0 amide bonds. The molecule has 4 aromatic rings. The van der Waals surface area contributed by atoms with Gasteiger partial charge in [0.15, 0.2) is 0 Å². The van der Waals surface area contributed by atoms with Crippen LogP contribution in [0.1, 0.15) is 35.4 Å². The minimum absolute atomic E-state index is 0.399. The van der Waals surface area contributed by atoms with Gasteiger partial charge in [-0.05, 0) is 94.7 Å². The van der Waals surface area contributed by atoms with E-state index < -0.39 is 0 Å². The van der Waals surface area contributed by atoms with Gasteiger partial charge in [0.25, 0.3) is 0 Å². The highest BCUT2D eigenvalue weighted by atomic mass is 16.5. The number of nitrogens with one attached hydrogen (secondary N) is 2. The highest BCUT2D eigenvalue weighted by Gasteiger charge is 2.21. The summed E-state index contributed by atoms with van der Waals surface area (Å²) in [4.78, 5) is 10.8. The zero-order valence-corrected chi connectivity index (χ0v) is 19.5. The predicted molar refractivity (Wildman–Crippen MR) is 130 cm³/mol. The number of rotatable bonds is 4. The first-order valence-corrected chi connectivity index (χ1v) is 11.4. The molecule has 5 rings (SSSR count). The Morgan fingerprint density at radius 1 is 1.12 bits per heavy atom. The van der Waals surface area contributed by atoms with Crippen molar-refractivity contribution >= 4 is 17.0 Å². The molecule has 2 aromatic carbocycles. The average molecular weight is 441 g/mol. The van der Waals surface area contributed by atoms with Crippen molar-refractivity contribution < 1.29 is 4.52 Å². The minimum atomic E-state index is 0.399. The molecule has 1 aliphatic rings. The summed E-state index contributed by atoms with van der Waals surface area (Å²) in [7, 11) is 2.16. The molecule has 1 aliphatic heterocycles. The van der Waals surface area contributed by atoms with E-state index in [1.165, 1.54) is 0 Å². The molecule has 0 radical (unpaired) electrons. The van der Waals surface area contributed by atoms with Gasteiger partial charge in [-0.2, -0.15) is 5.26 Å². The Morgan fingerprint density at radius 2 is 1.91 bits per heavy atom. The average Bonchev–Trinajstić information content (AvgIpc) is 3.37. The molecule has 2 aromatic heterocycles. The molecule has 7 heteroatoms. The first kappa shape index (κ1) is 21.2. The number of anilines is 1. The number of nitrogens with zero attached hydrogens (tertiary/aromatic N) is 4. The SMILES string of the molecule is Cc1ccc(C#N)cc1-c1cc(-c2c(C)noc2C)cc2[nH]c(NC3CCN(C)CC3)nc12. The molecule has 1 fully saturated rings. The van der Waals surface area contributed by atoms with Crippen LogP contribution >= 0.6 is 0 Å². The smallest absolute Gasteiger partial charge is 0.201 e. The van der Waals surface area contributed by atoms with Crippen molar-refractivity contribution in [2.24, 2.45) is 0 Å². The molecular weight excluding hydrogens is 412 g/mol. The number of likely N-dealkylation sites (tertiary alicyclic amines) is 1. The van der Waals surface area contributed by atoms with Crippen molar-refractivity contribution in [3.05, 3.63) is 52.9 Å². The number of nitriles is 1. The Kier molecular flexibility index (Phi) is 5.39. The van der Waals surface area contributed by atoms with Crippen LogP contribution in [-0.2, 0) is 0 Å². The van der Waals surface area contributed by atoms with Crippen LogP contribution in [0.5, 0.6) is 0 Å². The lowest BCUT2D eigenvalue weighted by atomic mass is 9.93. The zero-order chi connectivity index (χ0) is 23.1. The molecule has 3 heterocycles. The van der Waals surface area contributed by atoms with E-state index in [0.29, 0.717) is 11.6 Å². The fourth-order valence-electron chi connectivity index (χ4n) is 4.76. The van der Waals surface area contributed by atoms with Gasteiger partial charge in [0.1, 0.15) is 5.76 Å². The van der Waals surface area contributed by atoms with E-state index in [0.717, 1.165) is 82.2 Å². The van der Waals surface area contributed by atoms with Crippen LogP contribution in [0.25, 0.3) is 33.3 Å². The third-order valence-corrected chi connectivity index (χ3v) is 6.62. The first-order chi connectivity index (χ1) is 15.9. The second-order valence-electron chi connectivity index (χ2n) is 9.07. The van der Waals surface area contributed by atoms with E-state index in [9.17, 15) is 5.26 Å². The molecule has 2 N–H and O–H groups in total. The third kappa shape index (κ3) is 3.98. The number of H-pyrrole nitrogens is 1. The van der Waals surface area contributed by atoms with E-state index in [4.69, 9.17) is 9.51 Å². The number of hydrogen-bond donors (Lipinski definition) is 2. The standard InChI is InChI=1S/C26H28N6O/c1-15-5-6-18(14-27)11-21(15)22-12-19(24-16(2)31-33-17(24)3)13-23-25(22)30-26(29-23)28-20-7-9-32(4)10-8-20/h5-6,11-13,20H,7-10H2,1-4H3,(H2,28,29,30). The highest BCUT2D eigenvalue weighted by molar-refractivity contribution is 5.98. The molecular formula is C26H28N6O. The van der Waals surface area contributed by atoms with Gasteiger partial charge < -0.3 is 19.7 Å². The molecule has 0 saturated carbocycles. The lowest BCUT2D eigenvalue weighted by Gasteiger charge is -2.29. The summed E-state index contributed by atoms with van der Waals surface area (Å²) in [5, 5.41) is 17.2. The van der Waals surface area contributed by atoms with E-state index in [2.05, 4.69) is 52.5 Å². The van der Waals surface area contributed by atoms with Crippen molar-refractivity contribution in [3.63, 3.8) is 0 Å². The van der Waals surface area contributed by atoms with Gasteiger partial charge in [0.2, 0.25) is 5.95 Å². The second kappa shape index (κ2) is 8.38. The molecule has 0 spiro atoms. The Balaban J connectivity index is 1.66. The van der Waals surface area contributed by atoms with Crippen molar-refractivity contribution in [2.75, 3.05) is 25.5 Å². The fourth-order valence-corrected chi connectivity index (χ4v) is 4.76. The molecule has 168 valence electrons. The number of benzene rings is 2. The molecule has 0 bridgehead atoms. The van der Waals surface area contributed by atoms with Crippen LogP contribution in [0, 0.1) is 32.1 Å². The van der Waals surface area contributed by atoms with Gasteiger partial charge in [-0.25, -0.2) is 4.98 Å². The fraction of sp³-hybridized carbons (Fsp3) is 0.346. The molecule has 33 heavy (non-hydrogen) atoms. The quantitative estimate of drug-likeness (QED) is 0.454. The van der Waals surface area contributed by atoms with Crippen LogP contribution in [-0.4, -0.2) is 46.2 Å². The first-order valence-electron chi connectivity index (χ1n) is 11.4. The monoisotopic (exact) mass is 440 g/mol. The van der Waals surface area contributed by atoms with Gasteiger partial charge in [-0.15, -0.1) is 0 Å². The van der Waals surface area contributed by atoms with Crippen LogP contribution < -0.4 is 5.32 Å². The van der Waals surface area contributed by atoms with Crippen LogP contribution in [0.4, 0.5) is 5.95 Å². The topological polar surface area (TPSA) is 93.8 Å². The van der Waals surface area contributed by atoms with Crippen molar-refractivity contribution in [3.8, 4) is 28.3 Å². The second-order valence-corrected chi connectivity index (χ2v) is 9.07. The summed E-state index contributed by atoms with van der Waals surface area (Å²) in [5.74, 6) is 1.57. The molecule has 0 unspecified atom stereocenters. The number of imidazole rings is 1. The maximum atomic E-state index is 9.49. The normalized spacial score (nSPS) is 15.1. The Labute approximate surface area is 193 Å². The Hall–Kier alpha value is -3.63. The summed E-state index contributed by atoms with van der Waals surface area (Å²) in [6.07, 6.45) is 2.18. The van der Waals surface area contributed by atoms with E-state index in [1.54, 1.807) is 0 Å². The van der Waals surface area contributed by atoms with E-state index in [1.807, 2.05) is 32.0 Å². The van der Waals surface area contributed by atoms with Gasteiger partial charge >= 0.3 is 0 Å². The summed E-state index contributed by atoms with van der Waals surface area (Å²) in [5.41, 5.74) is 8.42. The van der Waals surface area contributed by atoms with Crippen molar-refractivity contribution in [2.45, 2.75) is 39.7 Å².